The Hall–Kier alpha value is -1.67. The number of benzene rings is 1. The summed E-state index contributed by atoms with van der Waals surface area (Å²) in [5.74, 6) is 0.361. The SMILES string of the molecule is CC(NS(=O)(=O)c1ccc([N+](=O)[O-])c(N)c1)C1CCC1. The first kappa shape index (κ1) is 14.7. The Morgan fingerprint density at radius 1 is 1.45 bits per heavy atom. The Morgan fingerprint density at radius 2 is 2.10 bits per heavy atom. The molecule has 0 saturated heterocycles. The third kappa shape index (κ3) is 2.91. The third-order valence-electron chi connectivity index (χ3n) is 3.70. The molecular formula is C12H17N3O4S. The average molecular weight is 299 g/mol. The van der Waals surface area contributed by atoms with Crippen molar-refractivity contribution in [2.75, 3.05) is 5.73 Å². The van der Waals surface area contributed by atoms with Crippen molar-refractivity contribution in [3.05, 3.63) is 28.3 Å². The molecule has 1 aliphatic rings. The van der Waals surface area contributed by atoms with E-state index in [1.165, 1.54) is 6.07 Å². The molecule has 1 fully saturated rings. The lowest BCUT2D eigenvalue weighted by Gasteiger charge is -2.31. The Labute approximate surface area is 117 Å². The number of nitro groups is 1. The van der Waals surface area contributed by atoms with Gasteiger partial charge >= 0.3 is 0 Å². The molecule has 0 aliphatic heterocycles. The molecule has 1 atom stereocenters. The van der Waals surface area contributed by atoms with Gasteiger partial charge in [0.25, 0.3) is 5.69 Å². The molecule has 0 aromatic heterocycles. The van der Waals surface area contributed by atoms with Crippen LogP contribution in [0.15, 0.2) is 23.1 Å². The monoisotopic (exact) mass is 299 g/mol. The van der Waals surface area contributed by atoms with Crippen molar-refractivity contribution in [2.45, 2.75) is 37.1 Å². The Bertz CT molecular complexity index is 626. The summed E-state index contributed by atoms with van der Waals surface area (Å²) >= 11 is 0. The van der Waals surface area contributed by atoms with E-state index in [-0.39, 0.29) is 22.3 Å². The maximum Gasteiger partial charge on any atom is 0.292 e. The molecule has 1 saturated carbocycles. The van der Waals surface area contributed by atoms with Crippen LogP contribution in [0, 0.1) is 16.0 Å². The number of nitrogen functional groups attached to an aromatic ring is 1. The molecular weight excluding hydrogens is 282 g/mol. The largest absolute Gasteiger partial charge is 0.393 e. The van der Waals surface area contributed by atoms with Crippen molar-refractivity contribution < 1.29 is 13.3 Å². The summed E-state index contributed by atoms with van der Waals surface area (Å²) in [5.41, 5.74) is 5.06. The summed E-state index contributed by atoms with van der Waals surface area (Å²) in [6.07, 6.45) is 3.17. The summed E-state index contributed by atoms with van der Waals surface area (Å²) in [4.78, 5) is 9.96. The van der Waals surface area contributed by atoms with Crippen LogP contribution in [0.3, 0.4) is 0 Å². The van der Waals surface area contributed by atoms with E-state index in [0.717, 1.165) is 31.4 Å². The van der Waals surface area contributed by atoms with E-state index in [4.69, 9.17) is 5.73 Å². The van der Waals surface area contributed by atoms with E-state index in [2.05, 4.69) is 4.72 Å². The first-order valence-corrected chi connectivity index (χ1v) is 7.86. The maximum absolute atomic E-state index is 12.2. The maximum atomic E-state index is 12.2. The van der Waals surface area contributed by atoms with Crippen LogP contribution in [0.5, 0.6) is 0 Å². The van der Waals surface area contributed by atoms with Crippen molar-refractivity contribution in [1.29, 1.82) is 0 Å². The number of nitrogens with one attached hydrogen (secondary N) is 1. The van der Waals surface area contributed by atoms with Crippen molar-refractivity contribution in [3.63, 3.8) is 0 Å². The fraction of sp³-hybridized carbons (Fsp3) is 0.500. The molecule has 3 N–H and O–H groups in total. The predicted molar refractivity (Wildman–Crippen MR) is 74.6 cm³/mol. The topological polar surface area (TPSA) is 115 Å². The third-order valence-corrected chi connectivity index (χ3v) is 5.26. The van der Waals surface area contributed by atoms with Gasteiger partial charge in [-0.1, -0.05) is 6.42 Å². The fourth-order valence-electron chi connectivity index (χ4n) is 2.21. The van der Waals surface area contributed by atoms with Crippen molar-refractivity contribution in [1.82, 2.24) is 4.72 Å². The molecule has 1 aromatic carbocycles. The molecule has 0 amide bonds. The summed E-state index contributed by atoms with van der Waals surface area (Å²) in [6, 6.07) is 3.28. The van der Waals surface area contributed by atoms with Crippen LogP contribution in [0.25, 0.3) is 0 Å². The molecule has 0 radical (unpaired) electrons. The lowest BCUT2D eigenvalue weighted by molar-refractivity contribution is -0.383. The fourth-order valence-corrected chi connectivity index (χ4v) is 3.56. The van der Waals surface area contributed by atoms with Crippen LogP contribution in [-0.4, -0.2) is 19.4 Å². The minimum absolute atomic E-state index is 0.0493. The number of hydrogen-bond acceptors (Lipinski definition) is 5. The Kier molecular flexibility index (Phi) is 3.96. The van der Waals surface area contributed by atoms with Crippen LogP contribution in [0.1, 0.15) is 26.2 Å². The van der Waals surface area contributed by atoms with Crippen LogP contribution in [0.4, 0.5) is 11.4 Å². The minimum atomic E-state index is -3.70. The molecule has 7 nitrogen and oxygen atoms in total. The quantitative estimate of drug-likeness (QED) is 0.487. The zero-order valence-electron chi connectivity index (χ0n) is 11.1. The van der Waals surface area contributed by atoms with Gasteiger partial charge in [-0.2, -0.15) is 0 Å². The number of sulfonamides is 1. The van der Waals surface area contributed by atoms with E-state index in [0.29, 0.717) is 5.92 Å². The molecule has 0 heterocycles. The molecule has 2 rings (SSSR count). The first-order chi connectivity index (χ1) is 9.31. The van der Waals surface area contributed by atoms with Crippen LogP contribution in [0.2, 0.25) is 0 Å². The highest BCUT2D eigenvalue weighted by Crippen LogP contribution is 2.30. The van der Waals surface area contributed by atoms with Crippen molar-refractivity contribution >= 4 is 21.4 Å². The van der Waals surface area contributed by atoms with Gasteiger partial charge in [0.05, 0.1) is 9.82 Å². The standard InChI is InChI=1S/C12H17N3O4S/c1-8(9-3-2-4-9)14-20(18,19)10-5-6-12(15(16)17)11(13)7-10/h5-9,14H,2-4,13H2,1H3. The molecule has 20 heavy (non-hydrogen) atoms. The molecule has 110 valence electrons. The van der Waals surface area contributed by atoms with Crippen molar-refractivity contribution in [2.24, 2.45) is 5.92 Å². The molecule has 8 heteroatoms. The van der Waals surface area contributed by atoms with Crippen LogP contribution >= 0.6 is 0 Å². The normalized spacial score (nSPS) is 17.4. The van der Waals surface area contributed by atoms with Gasteiger partial charge in [0.15, 0.2) is 0 Å². The highest BCUT2D eigenvalue weighted by molar-refractivity contribution is 7.89. The first-order valence-electron chi connectivity index (χ1n) is 6.37. The van der Waals surface area contributed by atoms with E-state index in [9.17, 15) is 18.5 Å². The highest BCUT2D eigenvalue weighted by atomic mass is 32.2. The van der Waals surface area contributed by atoms with Crippen molar-refractivity contribution in [3.8, 4) is 0 Å². The number of nitro benzene ring substituents is 1. The molecule has 0 bridgehead atoms. The van der Waals surface area contributed by atoms with E-state index >= 15 is 0 Å². The Balaban J connectivity index is 2.20. The van der Waals surface area contributed by atoms with Gasteiger partial charge in [-0.3, -0.25) is 10.1 Å². The second kappa shape index (κ2) is 5.37. The lowest BCUT2D eigenvalue weighted by Crippen LogP contribution is -2.40. The molecule has 0 spiro atoms. The Morgan fingerprint density at radius 3 is 2.55 bits per heavy atom. The number of nitrogens with zero attached hydrogens (tertiary/aromatic N) is 1. The second-order valence-electron chi connectivity index (χ2n) is 5.08. The summed E-state index contributed by atoms with van der Waals surface area (Å²) in [5, 5.41) is 10.7. The van der Waals surface area contributed by atoms with Gasteiger partial charge in [0, 0.05) is 12.1 Å². The van der Waals surface area contributed by atoms with Gasteiger partial charge in [-0.25, -0.2) is 13.1 Å². The number of anilines is 1. The minimum Gasteiger partial charge on any atom is -0.393 e. The second-order valence-corrected chi connectivity index (χ2v) is 6.79. The number of rotatable bonds is 5. The molecule has 1 aliphatic carbocycles. The van der Waals surface area contributed by atoms with Gasteiger partial charge < -0.3 is 5.73 Å². The molecule has 1 aromatic rings. The van der Waals surface area contributed by atoms with E-state index in [1.54, 1.807) is 0 Å². The number of hydrogen-bond donors (Lipinski definition) is 2. The zero-order valence-corrected chi connectivity index (χ0v) is 11.9. The van der Waals surface area contributed by atoms with Crippen LogP contribution < -0.4 is 10.5 Å². The van der Waals surface area contributed by atoms with Gasteiger partial charge in [-0.05, 0) is 37.8 Å². The average Bonchev–Trinajstić information content (AvgIpc) is 2.24. The highest BCUT2D eigenvalue weighted by Gasteiger charge is 2.28. The summed E-state index contributed by atoms with van der Waals surface area (Å²) in [6.45, 7) is 1.83. The summed E-state index contributed by atoms with van der Waals surface area (Å²) < 4.78 is 27.0. The smallest absolute Gasteiger partial charge is 0.292 e. The van der Waals surface area contributed by atoms with E-state index in [1.807, 2.05) is 6.92 Å². The van der Waals surface area contributed by atoms with Gasteiger partial charge in [0.1, 0.15) is 5.69 Å². The predicted octanol–water partition coefficient (Wildman–Crippen LogP) is 1.64. The van der Waals surface area contributed by atoms with Crippen LogP contribution in [-0.2, 0) is 10.0 Å². The zero-order chi connectivity index (χ0) is 14.9. The van der Waals surface area contributed by atoms with Gasteiger partial charge in [-0.15, -0.1) is 0 Å². The van der Waals surface area contributed by atoms with E-state index < -0.39 is 14.9 Å². The van der Waals surface area contributed by atoms with Gasteiger partial charge in [0.2, 0.25) is 10.0 Å². The molecule has 1 unspecified atom stereocenters. The lowest BCUT2D eigenvalue weighted by atomic mass is 9.81. The summed E-state index contributed by atoms with van der Waals surface area (Å²) in [7, 11) is -3.70. The number of nitrogens with two attached hydrogens (primary N) is 1.